The second kappa shape index (κ2) is 8.88. The summed E-state index contributed by atoms with van der Waals surface area (Å²) in [4.78, 5) is 40.2. The first-order chi connectivity index (χ1) is 16.1. The summed E-state index contributed by atoms with van der Waals surface area (Å²) >= 11 is 0. The number of amides is 2. The highest BCUT2D eigenvalue weighted by Gasteiger charge is 2.72. The van der Waals surface area contributed by atoms with Crippen LogP contribution >= 0.6 is 0 Å². The highest BCUT2D eigenvalue weighted by atomic mass is 32.2. The summed E-state index contributed by atoms with van der Waals surface area (Å²) in [5, 5.41) is 2.54. The molecule has 2 amide bonds. The van der Waals surface area contributed by atoms with Crippen molar-refractivity contribution in [1.82, 2.24) is 9.62 Å². The Morgan fingerprint density at radius 1 is 1.00 bits per heavy atom. The van der Waals surface area contributed by atoms with Crippen molar-refractivity contribution in [2.45, 2.75) is 112 Å². The number of nitrogens with one attached hydrogen (secondary N) is 1. The van der Waals surface area contributed by atoms with Crippen LogP contribution < -0.4 is 5.32 Å². The molecule has 3 fully saturated rings. The van der Waals surface area contributed by atoms with Crippen LogP contribution in [0.5, 0.6) is 0 Å². The number of sulfonamides is 1. The van der Waals surface area contributed by atoms with Crippen LogP contribution in [0, 0.1) is 28.6 Å². The van der Waals surface area contributed by atoms with Crippen molar-refractivity contribution >= 4 is 28.0 Å². The number of hydrogen-bond donors (Lipinski definition) is 1. The van der Waals surface area contributed by atoms with Crippen molar-refractivity contribution in [3.05, 3.63) is 0 Å². The molecule has 0 aromatic carbocycles. The Morgan fingerprint density at radius 3 is 2.03 bits per heavy atom. The van der Waals surface area contributed by atoms with E-state index in [4.69, 9.17) is 9.47 Å². The molecule has 10 heteroatoms. The standard InChI is InChI=1S/C26H44N2O7S/c1-15(2)18(19(21(30)34-23(3,4)5)27-22(31)35-24(6,7)8)20(29)28-17-13-16-11-12-26(17,25(16,9)10)14-36(28,32)33/h15-19H,11-14H2,1-10H3,(H,27,31)/t16-,17-,18+,19+,26-/m1/s1. The molecule has 9 nitrogen and oxygen atoms in total. The zero-order chi connectivity index (χ0) is 27.6. The fraction of sp³-hybridized carbons (Fsp3) is 0.885. The van der Waals surface area contributed by atoms with Gasteiger partial charge in [-0.05, 0) is 78.1 Å². The Hall–Kier alpha value is -1.84. The zero-order valence-corrected chi connectivity index (χ0v) is 24.2. The van der Waals surface area contributed by atoms with E-state index >= 15 is 0 Å². The summed E-state index contributed by atoms with van der Waals surface area (Å²) < 4.78 is 39.0. The zero-order valence-electron chi connectivity index (χ0n) is 23.4. The van der Waals surface area contributed by atoms with Gasteiger partial charge in [0.25, 0.3) is 0 Å². The van der Waals surface area contributed by atoms with Crippen LogP contribution in [0.2, 0.25) is 0 Å². The summed E-state index contributed by atoms with van der Waals surface area (Å²) in [5.41, 5.74) is -2.41. The van der Waals surface area contributed by atoms with Gasteiger partial charge in [-0.25, -0.2) is 22.3 Å². The Bertz CT molecular complexity index is 1020. The lowest BCUT2D eigenvalue weighted by atomic mass is 9.69. The van der Waals surface area contributed by atoms with Crippen molar-refractivity contribution in [3.8, 4) is 0 Å². The van der Waals surface area contributed by atoms with E-state index in [-0.39, 0.29) is 11.2 Å². The lowest BCUT2D eigenvalue weighted by Crippen LogP contribution is -2.57. The first-order valence-corrected chi connectivity index (χ1v) is 14.5. The maximum atomic E-state index is 14.2. The van der Waals surface area contributed by atoms with Crippen molar-refractivity contribution in [2.24, 2.45) is 28.6 Å². The number of rotatable bonds is 5. The fourth-order valence-corrected chi connectivity index (χ4v) is 9.20. The smallest absolute Gasteiger partial charge is 0.408 e. The summed E-state index contributed by atoms with van der Waals surface area (Å²) in [6, 6.07) is -1.85. The predicted octanol–water partition coefficient (Wildman–Crippen LogP) is 3.86. The molecular weight excluding hydrogens is 484 g/mol. The average molecular weight is 529 g/mol. The number of carbonyl (C=O) groups excluding carboxylic acids is 3. The molecule has 0 radical (unpaired) electrons. The molecule has 1 spiro atoms. The van der Waals surface area contributed by atoms with Gasteiger partial charge in [0.15, 0.2) is 0 Å². The van der Waals surface area contributed by atoms with Gasteiger partial charge >= 0.3 is 12.1 Å². The van der Waals surface area contributed by atoms with Gasteiger partial charge in [-0.2, -0.15) is 0 Å². The predicted molar refractivity (Wildman–Crippen MR) is 135 cm³/mol. The Balaban J connectivity index is 2.01. The third-order valence-electron chi connectivity index (χ3n) is 8.32. The maximum Gasteiger partial charge on any atom is 0.408 e. The van der Waals surface area contributed by atoms with E-state index in [1.165, 1.54) is 0 Å². The third kappa shape index (κ3) is 4.98. The van der Waals surface area contributed by atoms with Crippen LogP contribution in [0.1, 0.15) is 88.5 Å². The number of esters is 1. The van der Waals surface area contributed by atoms with Crippen LogP contribution in [0.3, 0.4) is 0 Å². The molecule has 1 heterocycles. The summed E-state index contributed by atoms with van der Waals surface area (Å²) in [6.45, 7) is 17.8. The molecule has 1 N–H and O–H groups in total. The number of ether oxygens (including phenoxy) is 2. The Kier molecular flexibility index (Phi) is 7.08. The Labute approximate surface area is 216 Å². The van der Waals surface area contributed by atoms with Gasteiger partial charge in [-0.15, -0.1) is 0 Å². The van der Waals surface area contributed by atoms with E-state index < -0.39 is 68.5 Å². The maximum absolute atomic E-state index is 14.2. The molecule has 3 rings (SSSR count). The number of fused-ring (bicyclic) bond motifs is 1. The molecule has 0 aromatic heterocycles. The SMILES string of the molecule is CC(C)[C@H](C(=O)N1[C@@H]2C[C@H]3CC[C@]2(CS1(=O)=O)C3(C)C)[C@H](NC(=O)OC(C)(C)C)C(=O)OC(C)(C)C. The molecule has 0 unspecified atom stereocenters. The topological polar surface area (TPSA) is 119 Å². The first kappa shape index (κ1) is 28.7. The number of hydrogen-bond acceptors (Lipinski definition) is 7. The molecule has 206 valence electrons. The van der Waals surface area contributed by atoms with Gasteiger partial charge in [0, 0.05) is 5.41 Å². The van der Waals surface area contributed by atoms with E-state index in [1.54, 1.807) is 55.4 Å². The molecule has 1 saturated heterocycles. The van der Waals surface area contributed by atoms with Crippen LogP contribution in [0.25, 0.3) is 0 Å². The normalized spacial score (nSPS) is 30.0. The molecule has 5 atom stereocenters. The lowest BCUT2D eigenvalue weighted by Gasteiger charge is -2.38. The van der Waals surface area contributed by atoms with Crippen LogP contribution in [-0.2, 0) is 29.1 Å². The second-order valence-electron chi connectivity index (χ2n) is 13.7. The van der Waals surface area contributed by atoms with Gasteiger partial charge in [0.05, 0.1) is 17.7 Å². The van der Waals surface area contributed by atoms with Crippen LogP contribution in [0.4, 0.5) is 4.79 Å². The molecule has 2 saturated carbocycles. The van der Waals surface area contributed by atoms with E-state index in [0.717, 1.165) is 17.1 Å². The van der Waals surface area contributed by atoms with E-state index in [0.29, 0.717) is 12.3 Å². The molecule has 1 aliphatic heterocycles. The highest BCUT2D eigenvalue weighted by molar-refractivity contribution is 7.90. The van der Waals surface area contributed by atoms with Crippen molar-refractivity contribution in [3.63, 3.8) is 0 Å². The van der Waals surface area contributed by atoms with Crippen LogP contribution in [-0.4, -0.2) is 59.7 Å². The number of nitrogens with zero attached hydrogens (tertiary/aromatic N) is 1. The first-order valence-electron chi connectivity index (χ1n) is 12.9. The minimum Gasteiger partial charge on any atom is -0.458 e. The second-order valence-corrected chi connectivity index (χ2v) is 15.5. The lowest BCUT2D eigenvalue weighted by molar-refractivity contribution is -0.162. The van der Waals surface area contributed by atoms with Gasteiger partial charge in [-0.3, -0.25) is 4.79 Å². The number of alkyl carbamates (subject to hydrolysis) is 1. The minimum absolute atomic E-state index is 0.0681. The van der Waals surface area contributed by atoms with Crippen LogP contribution in [0.15, 0.2) is 0 Å². The Morgan fingerprint density at radius 2 is 1.56 bits per heavy atom. The number of carbonyl (C=O) groups is 3. The fourth-order valence-electron chi connectivity index (χ4n) is 6.63. The van der Waals surface area contributed by atoms with Crippen molar-refractivity contribution in [1.29, 1.82) is 0 Å². The van der Waals surface area contributed by atoms with E-state index in [9.17, 15) is 22.8 Å². The van der Waals surface area contributed by atoms with Gasteiger partial charge in [0.1, 0.15) is 17.2 Å². The molecular formula is C26H44N2O7S. The quantitative estimate of drug-likeness (QED) is 0.538. The summed E-state index contributed by atoms with van der Waals surface area (Å²) in [7, 11) is -3.90. The van der Waals surface area contributed by atoms with E-state index in [1.807, 2.05) is 0 Å². The van der Waals surface area contributed by atoms with Gasteiger partial charge in [-0.1, -0.05) is 27.7 Å². The molecule has 36 heavy (non-hydrogen) atoms. The average Bonchev–Trinajstić information content (AvgIpc) is 3.11. The minimum atomic E-state index is -3.90. The molecule has 0 aromatic rings. The molecule has 3 aliphatic rings. The summed E-state index contributed by atoms with van der Waals surface area (Å²) in [5.74, 6) is -2.82. The van der Waals surface area contributed by atoms with Gasteiger partial charge < -0.3 is 14.8 Å². The monoisotopic (exact) mass is 528 g/mol. The molecule has 2 bridgehead atoms. The third-order valence-corrected chi connectivity index (χ3v) is 10.2. The van der Waals surface area contributed by atoms with Crippen molar-refractivity contribution < 1.29 is 32.3 Å². The van der Waals surface area contributed by atoms with Gasteiger partial charge in [0.2, 0.25) is 15.9 Å². The largest absolute Gasteiger partial charge is 0.458 e. The van der Waals surface area contributed by atoms with E-state index in [2.05, 4.69) is 19.2 Å². The molecule has 2 aliphatic carbocycles. The van der Waals surface area contributed by atoms with Crippen molar-refractivity contribution in [2.75, 3.05) is 5.75 Å². The highest BCUT2D eigenvalue weighted by Crippen LogP contribution is 2.70. The summed E-state index contributed by atoms with van der Waals surface area (Å²) in [6.07, 6.45) is 1.46.